The molecule has 1 amide bonds. The Labute approximate surface area is 183 Å². The zero-order valence-electron chi connectivity index (χ0n) is 19.9. The van der Waals surface area contributed by atoms with Crippen LogP contribution < -0.4 is 5.32 Å². The summed E-state index contributed by atoms with van der Waals surface area (Å²) in [6.45, 7) is 2.83. The topological polar surface area (TPSA) is 94.1 Å². The number of quaternary nitrogens is 1. The predicted octanol–water partition coefficient (Wildman–Crippen LogP) is 4.86. The predicted molar refractivity (Wildman–Crippen MR) is 120 cm³/mol. The lowest BCUT2D eigenvalue weighted by atomic mass is 10.0. The van der Waals surface area contributed by atoms with Gasteiger partial charge in [-0.2, -0.15) is 0 Å². The second-order valence-corrected chi connectivity index (χ2v) is 10.3. The third-order valence-corrected chi connectivity index (χ3v) is 5.86. The van der Waals surface area contributed by atoms with Crippen molar-refractivity contribution in [2.75, 3.05) is 47.9 Å². The number of hydrogen-bond acceptors (Lipinski definition) is 5. The first-order valence-corrected chi connectivity index (χ1v) is 12.9. The lowest BCUT2D eigenvalue weighted by molar-refractivity contribution is -0.870. The van der Waals surface area contributed by atoms with Crippen LogP contribution in [0.15, 0.2) is 0 Å². The Balaban J connectivity index is 4.24. The normalized spacial score (nSPS) is 14.9. The molecule has 0 aliphatic rings. The standard InChI is InChI=1S/C21H45N2O6P/c1-6-7-8-9-10-11-12-13-14-15-16-20(19-27-21(24)22-2)29-30(25,26)28-18-17-23(3,4)5/h20H,6-19H2,1-5H3,(H-,22,24,25,26)/p+1. The minimum absolute atomic E-state index is 0.0830. The average molecular weight is 454 g/mol. The first kappa shape index (κ1) is 29.3. The monoisotopic (exact) mass is 453 g/mol. The minimum Gasteiger partial charge on any atom is -0.447 e. The molecule has 0 saturated heterocycles. The minimum atomic E-state index is -4.20. The molecule has 2 N–H and O–H groups in total. The summed E-state index contributed by atoms with van der Waals surface area (Å²) in [6, 6.07) is 0. The first-order chi connectivity index (χ1) is 14.1. The molecule has 0 aromatic heterocycles. The Bertz CT molecular complexity index is 485. The van der Waals surface area contributed by atoms with Crippen LogP contribution in [-0.2, 0) is 18.3 Å². The van der Waals surface area contributed by atoms with Gasteiger partial charge in [-0.15, -0.1) is 0 Å². The summed E-state index contributed by atoms with van der Waals surface area (Å²) >= 11 is 0. The molecule has 0 saturated carbocycles. The zero-order valence-corrected chi connectivity index (χ0v) is 20.8. The molecule has 0 heterocycles. The average Bonchev–Trinajstić information content (AvgIpc) is 2.65. The molecule has 0 bridgehead atoms. The van der Waals surface area contributed by atoms with Gasteiger partial charge in [0.15, 0.2) is 0 Å². The van der Waals surface area contributed by atoms with Crippen LogP contribution in [0.5, 0.6) is 0 Å². The Morgan fingerprint density at radius 1 is 1.00 bits per heavy atom. The molecule has 2 unspecified atom stereocenters. The quantitative estimate of drug-likeness (QED) is 0.165. The van der Waals surface area contributed by atoms with Crippen LogP contribution in [0.4, 0.5) is 4.79 Å². The van der Waals surface area contributed by atoms with Gasteiger partial charge in [-0.3, -0.25) is 9.05 Å². The number of rotatable bonds is 19. The van der Waals surface area contributed by atoms with E-state index >= 15 is 0 Å². The highest BCUT2D eigenvalue weighted by molar-refractivity contribution is 7.47. The van der Waals surface area contributed by atoms with E-state index in [1.807, 2.05) is 21.1 Å². The van der Waals surface area contributed by atoms with Gasteiger partial charge < -0.3 is 19.4 Å². The van der Waals surface area contributed by atoms with Crippen LogP contribution in [0, 0.1) is 0 Å². The number of nitrogens with one attached hydrogen (secondary N) is 1. The Morgan fingerprint density at radius 2 is 1.53 bits per heavy atom. The van der Waals surface area contributed by atoms with Crippen molar-refractivity contribution in [3.8, 4) is 0 Å². The summed E-state index contributed by atoms with van der Waals surface area (Å²) in [4.78, 5) is 21.4. The number of phosphoric acid groups is 1. The third kappa shape index (κ3) is 19.3. The molecule has 30 heavy (non-hydrogen) atoms. The number of phosphoric ester groups is 1. The largest absolute Gasteiger partial charge is 0.472 e. The summed E-state index contributed by atoms with van der Waals surface area (Å²) in [7, 11) is 3.17. The number of carbonyl (C=O) groups is 1. The summed E-state index contributed by atoms with van der Waals surface area (Å²) in [5.74, 6) is 0. The summed E-state index contributed by atoms with van der Waals surface area (Å²) < 4.78 is 28.3. The number of ether oxygens (including phenoxy) is 1. The summed E-state index contributed by atoms with van der Waals surface area (Å²) in [6.07, 6.45) is 11.3. The number of carbonyl (C=O) groups excluding carboxylic acids is 1. The second kappa shape index (κ2) is 17.0. The molecule has 8 nitrogen and oxygen atoms in total. The van der Waals surface area contributed by atoms with E-state index in [4.69, 9.17) is 13.8 Å². The van der Waals surface area contributed by atoms with Crippen LogP contribution >= 0.6 is 7.82 Å². The molecule has 9 heteroatoms. The van der Waals surface area contributed by atoms with Gasteiger partial charge in [-0.25, -0.2) is 9.36 Å². The molecular weight excluding hydrogens is 407 g/mol. The molecule has 180 valence electrons. The van der Waals surface area contributed by atoms with Crippen LogP contribution in [0.2, 0.25) is 0 Å². The smallest absolute Gasteiger partial charge is 0.447 e. The van der Waals surface area contributed by atoms with E-state index in [9.17, 15) is 14.3 Å². The van der Waals surface area contributed by atoms with E-state index in [-0.39, 0.29) is 13.2 Å². The SMILES string of the molecule is CCCCCCCCCCCCC(COC(=O)NC)OP(=O)(O)OCC[N+](C)(C)C. The number of nitrogens with zero attached hydrogens (tertiary/aromatic N) is 1. The van der Waals surface area contributed by atoms with Gasteiger partial charge in [0.25, 0.3) is 0 Å². The van der Waals surface area contributed by atoms with E-state index in [1.54, 1.807) is 0 Å². The van der Waals surface area contributed by atoms with Crippen molar-refractivity contribution in [1.29, 1.82) is 0 Å². The van der Waals surface area contributed by atoms with Crippen LogP contribution in [0.25, 0.3) is 0 Å². The molecule has 0 spiro atoms. The van der Waals surface area contributed by atoms with Gasteiger partial charge in [0.1, 0.15) is 25.9 Å². The third-order valence-electron chi connectivity index (χ3n) is 4.78. The number of alkyl carbamates (subject to hydrolysis) is 1. The fraction of sp³-hybridized carbons (Fsp3) is 0.952. The molecule has 2 atom stereocenters. The van der Waals surface area contributed by atoms with Gasteiger partial charge in [0.05, 0.1) is 21.1 Å². The van der Waals surface area contributed by atoms with E-state index in [0.29, 0.717) is 17.4 Å². The van der Waals surface area contributed by atoms with Crippen molar-refractivity contribution in [1.82, 2.24) is 5.32 Å². The van der Waals surface area contributed by atoms with Crippen molar-refractivity contribution < 1.29 is 32.5 Å². The Kier molecular flexibility index (Phi) is 16.6. The molecule has 0 radical (unpaired) electrons. The van der Waals surface area contributed by atoms with Gasteiger partial charge in [0, 0.05) is 7.05 Å². The summed E-state index contributed by atoms with van der Waals surface area (Å²) in [5.41, 5.74) is 0. The first-order valence-electron chi connectivity index (χ1n) is 11.4. The van der Waals surface area contributed by atoms with Gasteiger partial charge in [0.2, 0.25) is 0 Å². The number of amides is 1. The Morgan fingerprint density at radius 3 is 2.03 bits per heavy atom. The van der Waals surface area contributed by atoms with Crippen molar-refractivity contribution >= 4 is 13.9 Å². The van der Waals surface area contributed by atoms with Crippen molar-refractivity contribution in [3.05, 3.63) is 0 Å². The lowest BCUT2D eigenvalue weighted by Crippen LogP contribution is -2.37. The fourth-order valence-electron chi connectivity index (χ4n) is 2.92. The fourth-order valence-corrected chi connectivity index (χ4v) is 3.83. The van der Waals surface area contributed by atoms with E-state index in [2.05, 4.69) is 12.2 Å². The Hall–Kier alpha value is -0.660. The lowest BCUT2D eigenvalue weighted by Gasteiger charge is -2.25. The van der Waals surface area contributed by atoms with Gasteiger partial charge in [-0.05, 0) is 6.42 Å². The molecular formula is C21H46N2O6P+. The maximum atomic E-state index is 12.3. The van der Waals surface area contributed by atoms with Gasteiger partial charge >= 0.3 is 13.9 Å². The maximum Gasteiger partial charge on any atom is 0.472 e. The van der Waals surface area contributed by atoms with Crippen molar-refractivity contribution in [3.63, 3.8) is 0 Å². The van der Waals surface area contributed by atoms with Crippen molar-refractivity contribution in [2.45, 2.75) is 83.7 Å². The summed E-state index contributed by atoms with van der Waals surface area (Å²) in [5, 5.41) is 2.36. The highest BCUT2D eigenvalue weighted by Crippen LogP contribution is 2.45. The van der Waals surface area contributed by atoms with Crippen molar-refractivity contribution in [2.24, 2.45) is 0 Å². The molecule has 0 fully saturated rings. The van der Waals surface area contributed by atoms with Crippen LogP contribution in [0.1, 0.15) is 77.6 Å². The highest BCUT2D eigenvalue weighted by atomic mass is 31.2. The zero-order chi connectivity index (χ0) is 22.9. The number of likely N-dealkylation sites (N-methyl/N-ethyl adjacent to an activating group) is 1. The number of hydrogen-bond donors (Lipinski definition) is 2. The second-order valence-electron chi connectivity index (χ2n) is 8.86. The van der Waals surface area contributed by atoms with E-state index < -0.39 is 20.0 Å². The van der Waals surface area contributed by atoms with Crippen LogP contribution in [0.3, 0.4) is 0 Å². The highest BCUT2D eigenvalue weighted by Gasteiger charge is 2.28. The van der Waals surface area contributed by atoms with E-state index in [1.165, 1.54) is 52.0 Å². The maximum absolute atomic E-state index is 12.3. The van der Waals surface area contributed by atoms with Gasteiger partial charge in [-0.1, -0.05) is 71.1 Å². The molecule has 0 rings (SSSR count). The molecule has 0 aliphatic carbocycles. The molecule has 0 aromatic rings. The molecule has 0 aliphatic heterocycles. The van der Waals surface area contributed by atoms with E-state index in [0.717, 1.165) is 19.3 Å². The number of unbranched alkanes of at least 4 members (excludes halogenated alkanes) is 9. The van der Waals surface area contributed by atoms with Crippen LogP contribution in [-0.4, -0.2) is 69.5 Å². The molecule has 0 aromatic carbocycles.